The molecule has 0 aliphatic carbocycles. The molecule has 0 unspecified atom stereocenters. The molecule has 1 aliphatic heterocycles. The summed E-state index contributed by atoms with van der Waals surface area (Å²) in [4.78, 5) is 12.0. The topological polar surface area (TPSA) is 47.6 Å². The second-order valence-corrected chi connectivity index (χ2v) is 5.95. The number of benzene rings is 2. The second kappa shape index (κ2) is 7.86. The van der Waals surface area contributed by atoms with Crippen molar-refractivity contribution in [1.29, 1.82) is 0 Å². The molecule has 24 heavy (non-hydrogen) atoms. The fourth-order valence-corrected chi connectivity index (χ4v) is 2.99. The van der Waals surface area contributed by atoms with Crippen molar-refractivity contribution in [3.05, 3.63) is 59.2 Å². The van der Waals surface area contributed by atoms with Crippen molar-refractivity contribution in [3.63, 3.8) is 0 Å². The molecule has 1 aliphatic rings. The van der Waals surface area contributed by atoms with Crippen molar-refractivity contribution in [3.8, 4) is 11.5 Å². The molecule has 1 heterocycles. The van der Waals surface area contributed by atoms with Gasteiger partial charge in [-0.15, -0.1) is 0 Å². The van der Waals surface area contributed by atoms with E-state index in [9.17, 15) is 4.79 Å². The summed E-state index contributed by atoms with van der Waals surface area (Å²) in [5.41, 5.74) is 3.58. The lowest BCUT2D eigenvalue weighted by Gasteiger charge is -2.09. The summed E-state index contributed by atoms with van der Waals surface area (Å²) in [5.74, 6) is 1.91. The minimum atomic E-state index is 0.0744. The first-order valence-electron chi connectivity index (χ1n) is 8.39. The zero-order chi connectivity index (χ0) is 16.8. The van der Waals surface area contributed by atoms with E-state index in [1.807, 2.05) is 30.3 Å². The van der Waals surface area contributed by atoms with Crippen molar-refractivity contribution < 1.29 is 14.3 Å². The van der Waals surface area contributed by atoms with E-state index in [0.29, 0.717) is 19.4 Å². The largest absolute Gasteiger partial charge is 0.496 e. The third-order valence-electron chi connectivity index (χ3n) is 4.30. The van der Waals surface area contributed by atoms with Gasteiger partial charge in [-0.25, -0.2) is 0 Å². The Labute approximate surface area is 142 Å². The number of carbonyl (C=O) groups excluding carboxylic acids is 1. The smallest absolute Gasteiger partial charge is 0.220 e. The van der Waals surface area contributed by atoms with Crippen LogP contribution < -0.4 is 14.8 Å². The molecule has 2 aromatic rings. The third-order valence-corrected chi connectivity index (χ3v) is 4.30. The number of para-hydroxylation sites is 1. The van der Waals surface area contributed by atoms with E-state index >= 15 is 0 Å². The molecule has 3 rings (SSSR count). The Morgan fingerprint density at radius 2 is 2.08 bits per heavy atom. The molecular weight excluding hydrogens is 302 g/mol. The first-order chi connectivity index (χ1) is 11.8. The highest BCUT2D eigenvalue weighted by Gasteiger charge is 2.12. The third kappa shape index (κ3) is 4.07. The molecule has 0 fully saturated rings. The SMILES string of the molecule is COc1ccccc1CCC(=O)NCCc1ccc2c(c1)CCO2. The van der Waals surface area contributed by atoms with Crippen LogP contribution in [0.5, 0.6) is 11.5 Å². The average molecular weight is 325 g/mol. The highest BCUT2D eigenvalue weighted by atomic mass is 16.5. The number of hydrogen-bond donors (Lipinski definition) is 1. The molecule has 0 radical (unpaired) electrons. The molecular formula is C20H23NO3. The Morgan fingerprint density at radius 1 is 1.21 bits per heavy atom. The lowest BCUT2D eigenvalue weighted by molar-refractivity contribution is -0.121. The summed E-state index contributed by atoms with van der Waals surface area (Å²) in [6.07, 6.45) is 2.98. The van der Waals surface area contributed by atoms with Crippen LogP contribution in [-0.4, -0.2) is 26.2 Å². The first kappa shape index (κ1) is 16.4. The van der Waals surface area contributed by atoms with Crippen molar-refractivity contribution >= 4 is 5.91 Å². The van der Waals surface area contributed by atoms with Gasteiger partial charge in [-0.3, -0.25) is 4.79 Å². The monoisotopic (exact) mass is 325 g/mol. The van der Waals surface area contributed by atoms with Crippen LogP contribution in [-0.2, 0) is 24.1 Å². The number of methoxy groups -OCH3 is 1. The average Bonchev–Trinajstić information content (AvgIpc) is 3.08. The Hall–Kier alpha value is -2.49. The standard InChI is InChI=1S/C20H23NO3/c1-23-18-5-3-2-4-16(18)7-9-20(22)21-12-10-15-6-8-19-17(14-15)11-13-24-19/h2-6,8,14H,7,9-13H2,1H3,(H,21,22). The number of hydrogen-bond acceptors (Lipinski definition) is 3. The van der Waals surface area contributed by atoms with E-state index < -0.39 is 0 Å². The molecule has 126 valence electrons. The van der Waals surface area contributed by atoms with Gasteiger partial charge in [-0.1, -0.05) is 30.3 Å². The predicted octanol–water partition coefficient (Wildman–Crippen LogP) is 2.92. The molecule has 0 saturated heterocycles. The lowest BCUT2D eigenvalue weighted by Crippen LogP contribution is -2.25. The Morgan fingerprint density at radius 3 is 2.96 bits per heavy atom. The minimum absolute atomic E-state index is 0.0744. The molecule has 2 aromatic carbocycles. The van der Waals surface area contributed by atoms with E-state index in [4.69, 9.17) is 9.47 Å². The predicted molar refractivity (Wildman–Crippen MR) is 93.7 cm³/mol. The molecule has 0 saturated carbocycles. The van der Waals surface area contributed by atoms with Gasteiger partial charge < -0.3 is 14.8 Å². The van der Waals surface area contributed by atoms with Crippen LogP contribution in [0, 0.1) is 0 Å². The summed E-state index contributed by atoms with van der Waals surface area (Å²) >= 11 is 0. The molecule has 1 N–H and O–H groups in total. The van der Waals surface area contributed by atoms with Crippen LogP contribution in [0.15, 0.2) is 42.5 Å². The van der Waals surface area contributed by atoms with Crippen LogP contribution in [0.25, 0.3) is 0 Å². The lowest BCUT2D eigenvalue weighted by atomic mass is 10.1. The summed E-state index contributed by atoms with van der Waals surface area (Å²) in [5, 5.41) is 3.00. The number of aryl methyl sites for hydroxylation is 1. The normalized spacial score (nSPS) is 12.4. The van der Waals surface area contributed by atoms with Gasteiger partial charge in [0, 0.05) is 19.4 Å². The maximum absolute atomic E-state index is 12.0. The maximum atomic E-state index is 12.0. The van der Waals surface area contributed by atoms with Gasteiger partial charge in [-0.2, -0.15) is 0 Å². The zero-order valence-electron chi connectivity index (χ0n) is 14.0. The van der Waals surface area contributed by atoms with E-state index in [1.165, 1.54) is 11.1 Å². The molecule has 0 atom stereocenters. The number of amides is 1. The van der Waals surface area contributed by atoms with Gasteiger partial charge in [0.25, 0.3) is 0 Å². The molecule has 0 aromatic heterocycles. The van der Waals surface area contributed by atoms with Gasteiger partial charge in [0.2, 0.25) is 5.91 Å². The highest BCUT2D eigenvalue weighted by Crippen LogP contribution is 2.25. The molecule has 0 bridgehead atoms. The van der Waals surface area contributed by atoms with Crippen molar-refractivity contribution in [1.82, 2.24) is 5.32 Å². The Kier molecular flexibility index (Phi) is 5.36. The van der Waals surface area contributed by atoms with E-state index in [0.717, 1.165) is 36.5 Å². The number of ether oxygens (including phenoxy) is 2. The van der Waals surface area contributed by atoms with Crippen molar-refractivity contribution in [2.45, 2.75) is 25.7 Å². The van der Waals surface area contributed by atoms with Gasteiger partial charge in [-0.05, 0) is 41.7 Å². The van der Waals surface area contributed by atoms with Crippen molar-refractivity contribution in [2.75, 3.05) is 20.3 Å². The number of carbonyl (C=O) groups is 1. The summed E-state index contributed by atoms with van der Waals surface area (Å²) < 4.78 is 10.8. The Balaban J connectivity index is 1.43. The van der Waals surface area contributed by atoms with Gasteiger partial charge in [0.15, 0.2) is 0 Å². The highest BCUT2D eigenvalue weighted by molar-refractivity contribution is 5.76. The van der Waals surface area contributed by atoms with Gasteiger partial charge in [0.1, 0.15) is 11.5 Å². The van der Waals surface area contributed by atoms with Crippen molar-refractivity contribution in [2.24, 2.45) is 0 Å². The Bertz CT molecular complexity index is 712. The van der Waals surface area contributed by atoms with Gasteiger partial charge in [0.05, 0.1) is 13.7 Å². The number of rotatable bonds is 7. The van der Waals surface area contributed by atoms with Crippen LogP contribution in [0.3, 0.4) is 0 Å². The fraction of sp³-hybridized carbons (Fsp3) is 0.350. The summed E-state index contributed by atoms with van der Waals surface area (Å²) in [6, 6.07) is 14.1. The molecule has 0 spiro atoms. The molecule has 4 nitrogen and oxygen atoms in total. The molecule has 1 amide bonds. The zero-order valence-corrected chi connectivity index (χ0v) is 14.0. The van der Waals surface area contributed by atoms with Crippen LogP contribution in [0.2, 0.25) is 0 Å². The minimum Gasteiger partial charge on any atom is -0.496 e. The van der Waals surface area contributed by atoms with Gasteiger partial charge >= 0.3 is 0 Å². The number of fused-ring (bicyclic) bond motifs is 1. The fourth-order valence-electron chi connectivity index (χ4n) is 2.99. The van der Waals surface area contributed by atoms with Crippen LogP contribution in [0.4, 0.5) is 0 Å². The van der Waals surface area contributed by atoms with E-state index in [2.05, 4.69) is 17.4 Å². The van der Waals surface area contributed by atoms with E-state index in [-0.39, 0.29) is 5.91 Å². The first-order valence-corrected chi connectivity index (χ1v) is 8.39. The molecule has 4 heteroatoms. The van der Waals surface area contributed by atoms with Crippen LogP contribution in [0.1, 0.15) is 23.1 Å². The quantitative estimate of drug-likeness (QED) is 0.851. The van der Waals surface area contributed by atoms with Crippen LogP contribution >= 0.6 is 0 Å². The summed E-state index contributed by atoms with van der Waals surface area (Å²) in [7, 11) is 1.65. The van der Waals surface area contributed by atoms with E-state index in [1.54, 1.807) is 7.11 Å². The summed E-state index contributed by atoms with van der Waals surface area (Å²) in [6.45, 7) is 1.43. The second-order valence-electron chi connectivity index (χ2n) is 5.95. The number of nitrogens with one attached hydrogen (secondary N) is 1. The maximum Gasteiger partial charge on any atom is 0.220 e.